The maximum atomic E-state index is 14.3. The van der Waals surface area contributed by atoms with Crippen LogP contribution >= 0.6 is 0 Å². The summed E-state index contributed by atoms with van der Waals surface area (Å²) in [5.74, 6) is 1.43. The average molecular weight is 1060 g/mol. The van der Waals surface area contributed by atoms with Crippen molar-refractivity contribution in [2.24, 2.45) is 0 Å². The fourth-order valence-electron chi connectivity index (χ4n) is 8.72. The molecule has 4 aromatic rings. The molecule has 0 saturated carbocycles. The van der Waals surface area contributed by atoms with Gasteiger partial charge in [0.05, 0.1) is 50.8 Å². The van der Waals surface area contributed by atoms with Crippen LogP contribution in [0, 0.1) is 0 Å². The molecule has 0 aliphatic carbocycles. The molecule has 4 rings (SSSR count). The predicted octanol–water partition coefficient (Wildman–Crippen LogP) is 17.2. The number of rotatable bonds is 43. The smallest absolute Gasteiger partial charge is 0.339 e. The zero-order chi connectivity index (χ0) is 54.6. The lowest BCUT2D eigenvalue weighted by atomic mass is 9.94. The fourth-order valence-corrected chi connectivity index (χ4v) is 8.72. The van der Waals surface area contributed by atoms with Crippen molar-refractivity contribution >= 4 is 11.9 Å². The molecular weight excluding hydrogens is 961 g/mol. The van der Waals surface area contributed by atoms with Gasteiger partial charge in [-0.2, -0.15) is 0 Å². The topological polar surface area (TPSA) is 148 Å². The van der Waals surface area contributed by atoms with E-state index in [1.165, 1.54) is 24.3 Å². The van der Waals surface area contributed by atoms with Crippen LogP contribution < -0.4 is 28.4 Å². The molecule has 0 heterocycles. The van der Waals surface area contributed by atoms with Crippen LogP contribution in [0.2, 0.25) is 0 Å². The van der Waals surface area contributed by atoms with Gasteiger partial charge >= 0.3 is 11.9 Å². The Hall–Kier alpha value is -5.78. The summed E-state index contributed by atoms with van der Waals surface area (Å²) in [6.07, 6.45) is 25.1. The SMILES string of the molecule is CCCCCCOc1cc(COC(=O)c2cc(O)ccc2-c2ccc(O)cc2C(=O)OCc2cc(OCCCCCC)c(OCCCCCC)c(OCCCCCC)c2)cc(OCCCCCC)c1OCCCCCC. The summed E-state index contributed by atoms with van der Waals surface area (Å²) in [6.45, 7) is 15.8. The molecule has 4 aromatic carbocycles. The molecule has 0 bridgehead atoms. The van der Waals surface area contributed by atoms with Crippen LogP contribution in [0.4, 0.5) is 0 Å². The van der Waals surface area contributed by atoms with E-state index in [0.717, 1.165) is 154 Å². The predicted molar refractivity (Wildman–Crippen MR) is 304 cm³/mol. The Morgan fingerprint density at radius 3 is 0.868 bits per heavy atom. The summed E-state index contributed by atoms with van der Waals surface area (Å²) in [7, 11) is 0. The zero-order valence-corrected chi connectivity index (χ0v) is 47.4. The molecule has 0 unspecified atom stereocenters. The normalized spacial score (nSPS) is 11.1. The van der Waals surface area contributed by atoms with Crippen LogP contribution in [-0.2, 0) is 22.7 Å². The molecule has 0 aliphatic heterocycles. The summed E-state index contributed by atoms with van der Waals surface area (Å²) >= 11 is 0. The molecule has 422 valence electrons. The molecule has 12 heteroatoms. The standard InChI is InChI=1S/C64H94O12/c1-7-13-19-25-35-69-57-41-49(42-58(70-36-26-20-14-8-2)61(57)73-39-29-23-17-11-5)47-75-63(67)55-45-51(65)31-33-53(55)54-34-32-52(66)46-56(54)64(68)76-48-50-43-59(71-37-27-21-15-9-3)62(74-40-30-24-18-12-6)60(44-50)72-38-28-22-16-10-4/h31-34,41-46,65-66H,7-30,35-40,47-48H2,1-6H3. The summed E-state index contributed by atoms with van der Waals surface area (Å²) in [4.78, 5) is 28.5. The number of aromatic hydroxyl groups is 2. The Kier molecular flexibility index (Phi) is 31.3. The Bertz CT molecular complexity index is 2030. The van der Waals surface area contributed by atoms with Crippen LogP contribution in [0.1, 0.15) is 227 Å². The van der Waals surface area contributed by atoms with E-state index in [4.69, 9.17) is 37.9 Å². The molecule has 0 aliphatic rings. The molecule has 76 heavy (non-hydrogen) atoms. The lowest BCUT2D eigenvalue weighted by molar-refractivity contribution is 0.0461. The van der Waals surface area contributed by atoms with E-state index in [0.29, 0.717) is 96.4 Å². The van der Waals surface area contributed by atoms with Crippen LogP contribution in [0.25, 0.3) is 11.1 Å². The summed E-state index contributed by atoms with van der Waals surface area (Å²) in [6, 6.07) is 16.0. The number of hydrogen-bond donors (Lipinski definition) is 2. The van der Waals surface area contributed by atoms with Crippen molar-refractivity contribution in [1.29, 1.82) is 0 Å². The molecule has 0 atom stereocenters. The first kappa shape index (κ1) is 62.8. The average Bonchev–Trinajstić information content (AvgIpc) is 3.42. The maximum Gasteiger partial charge on any atom is 0.339 e. The molecule has 0 radical (unpaired) electrons. The Morgan fingerprint density at radius 1 is 0.342 bits per heavy atom. The lowest BCUT2D eigenvalue weighted by Gasteiger charge is -2.19. The van der Waals surface area contributed by atoms with Gasteiger partial charge in [0.25, 0.3) is 0 Å². The minimum absolute atomic E-state index is 0.0123. The largest absolute Gasteiger partial charge is 0.508 e. The van der Waals surface area contributed by atoms with Crippen molar-refractivity contribution in [3.63, 3.8) is 0 Å². The number of carbonyl (C=O) groups excluding carboxylic acids is 2. The first-order chi connectivity index (χ1) is 37.2. The molecule has 2 N–H and O–H groups in total. The van der Waals surface area contributed by atoms with Gasteiger partial charge in [-0.05, 0) is 121 Å². The van der Waals surface area contributed by atoms with Crippen molar-refractivity contribution < 1.29 is 57.7 Å². The summed E-state index contributed by atoms with van der Waals surface area (Å²) < 4.78 is 50.5. The van der Waals surface area contributed by atoms with E-state index in [1.54, 1.807) is 12.1 Å². The van der Waals surface area contributed by atoms with Gasteiger partial charge in [-0.1, -0.05) is 157 Å². The van der Waals surface area contributed by atoms with Crippen LogP contribution in [0.5, 0.6) is 46.0 Å². The molecule has 0 spiro atoms. The zero-order valence-electron chi connectivity index (χ0n) is 47.4. The monoisotopic (exact) mass is 1050 g/mol. The Balaban J connectivity index is 1.64. The van der Waals surface area contributed by atoms with Gasteiger partial charge in [0, 0.05) is 0 Å². The van der Waals surface area contributed by atoms with E-state index >= 15 is 0 Å². The summed E-state index contributed by atoms with van der Waals surface area (Å²) in [5, 5.41) is 21.5. The first-order valence-corrected chi connectivity index (χ1v) is 29.3. The highest BCUT2D eigenvalue weighted by atomic mass is 16.6. The quantitative estimate of drug-likeness (QED) is 0.0321. The van der Waals surface area contributed by atoms with Crippen molar-refractivity contribution in [2.45, 2.75) is 209 Å². The number of phenols is 2. The number of esters is 2. The molecule has 0 amide bonds. The van der Waals surface area contributed by atoms with Gasteiger partial charge in [0.2, 0.25) is 11.5 Å². The van der Waals surface area contributed by atoms with Crippen LogP contribution in [-0.4, -0.2) is 61.8 Å². The van der Waals surface area contributed by atoms with Crippen LogP contribution in [0.15, 0.2) is 60.7 Å². The van der Waals surface area contributed by atoms with Gasteiger partial charge < -0.3 is 48.1 Å². The van der Waals surface area contributed by atoms with Crippen molar-refractivity contribution in [3.8, 4) is 57.1 Å². The number of unbranched alkanes of at least 4 members (excludes halogenated alkanes) is 18. The van der Waals surface area contributed by atoms with E-state index in [-0.39, 0.29) is 35.8 Å². The third-order valence-corrected chi connectivity index (χ3v) is 13.1. The first-order valence-electron chi connectivity index (χ1n) is 29.3. The fraction of sp³-hybridized carbons (Fsp3) is 0.594. The Labute approximate surface area is 456 Å². The molecule has 0 fully saturated rings. The van der Waals surface area contributed by atoms with Gasteiger partial charge in [-0.3, -0.25) is 0 Å². The highest BCUT2D eigenvalue weighted by molar-refractivity contribution is 6.03. The molecular formula is C64H94O12. The minimum atomic E-state index is -0.740. The molecule has 12 nitrogen and oxygen atoms in total. The number of carbonyl (C=O) groups is 2. The Morgan fingerprint density at radius 2 is 0.605 bits per heavy atom. The van der Waals surface area contributed by atoms with Crippen LogP contribution in [0.3, 0.4) is 0 Å². The third kappa shape index (κ3) is 22.8. The second-order valence-corrected chi connectivity index (χ2v) is 19.9. The van der Waals surface area contributed by atoms with Gasteiger partial charge in [-0.25, -0.2) is 9.59 Å². The van der Waals surface area contributed by atoms with Crippen molar-refractivity contribution in [2.75, 3.05) is 39.6 Å². The van der Waals surface area contributed by atoms with E-state index in [2.05, 4.69) is 41.5 Å². The highest BCUT2D eigenvalue weighted by Gasteiger charge is 2.24. The van der Waals surface area contributed by atoms with E-state index in [9.17, 15) is 19.8 Å². The maximum absolute atomic E-state index is 14.3. The lowest BCUT2D eigenvalue weighted by Crippen LogP contribution is -2.11. The van der Waals surface area contributed by atoms with E-state index < -0.39 is 11.9 Å². The number of benzene rings is 4. The highest BCUT2D eigenvalue weighted by Crippen LogP contribution is 2.42. The van der Waals surface area contributed by atoms with Crippen molar-refractivity contribution in [1.82, 2.24) is 0 Å². The van der Waals surface area contributed by atoms with E-state index in [1.807, 2.05) is 24.3 Å². The van der Waals surface area contributed by atoms with Gasteiger partial charge in [-0.15, -0.1) is 0 Å². The number of phenolic OH excluding ortho intramolecular Hbond substituents is 2. The molecule has 0 aromatic heterocycles. The summed E-state index contributed by atoms with van der Waals surface area (Å²) in [5.41, 5.74) is 1.89. The second kappa shape index (κ2) is 37.9. The third-order valence-electron chi connectivity index (χ3n) is 13.1. The van der Waals surface area contributed by atoms with Gasteiger partial charge in [0.15, 0.2) is 23.0 Å². The minimum Gasteiger partial charge on any atom is -0.508 e. The van der Waals surface area contributed by atoms with Crippen molar-refractivity contribution in [3.05, 3.63) is 82.9 Å². The second-order valence-electron chi connectivity index (χ2n) is 19.9. The molecule has 0 saturated heterocycles. The number of ether oxygens (including phenoxy) is 8. The van der Waals surface area contributed by atoms with Gasteiger partial charge in [0.1, 0.15) is 24.7 Å². The number of hydrogen-bond acceptors (Lipinski definition) is 12.